The molecular weight excluding hydrogens is 254 g/mol. The van der Waals surface area contributed by atoms with Gasteiger partial charge in [-0.3, -0.25) is 0 Å². The highest BCUT2D eigenvalue weighted by molar-refractivity contribution is 7.89. The SMILES string of the molecule is NS(=O)(=O)c1cc(Cl)c(O)c(C(F)F)n1. The maximum absolute atomic E-state index is 12.3. The standard InChI is InChI=1S/C6H5ClF2N2O3S/c7-2-1-3(15(10,13)14)11-4(5(2)12)6(8)9/h1,6,12H,(H2,10,13,14). The van der Waals surface area contributed by atoms with Crippen molar-refractivity contribution in [3.8, 4) is 5.75 Å². The minimum absolute atomic E-state index is 0.552. The predicted molar refractivity (Wildman–Crippen MR) is 47.2 cm³/mol. The van der Waals surface area contributed by atoms with Crippen LogP contribution in [0, 0.1) is 0 Å². The molecule has 5 nitrogen and oxygen atoms in total. The van der Waals surface area contributed by atoms with E-state index in [1.54, 1.807) is 0 Å². The Hall–Kier alpha value is -0.990. The van der Waals surface area contributed by atoms with E-state index in [9.17, 15) is 17.2 Å². The van der Waals surface area contributed by atoms with Crippen molar-refractivity contribution in [3.05, 3.63) is 16.8 Å². The summed E-state index contributed by atoms with van der Waals surface area (Å²) >= 11 is 5.33. The molecule has 0 unspecified atom stereocenters. The second-order valence-corrected chi connectivity index (χ2v) is 4.44. The van der Waals surface area contributed by atoms with Crippen LogP contribution in [0.1, 0.15) is 12.1 Å². The molecule has 0 radical (unpaired) electrons. The van der Waals surface area contributed by atoms with Crippen LogP contribution in [0.2, 0.25) is 5.02 Å². The number of aromatic hydroxyl groups is 1. The second-order valence-electron chi connectivity index (χ2n) is 2.52. The molecule has 84 valence electrons. The molecule has 0 spiro atoms. The Morgan fingerprint density at radius 2 is 2.07 bits per heavy atom. The third-order valence-electron chi connectivity index (χ3n) is 1.45. The second kappa shape index (κ2) is 3.87. The highest BCUT2D eigenvalue weighted by atomic mass is 35.5. The van der Waals surface area contributed by atoms with Gasteiger partial charge in [-0.25, -0.2) is 27.3 Å². The molecule has 0 aliphatic rings. The zero-order valence-electron chi connectivity index (χ0n) is 6.99. The van der Waals surface area contributed by atoms with E-state index in [1.165, 1.54) is 0 Å². The van der Waals surface area contributed by atoms with Crippen molar-refractivity contribution in [2.45, 2.75) is 11.5 Å². The molecule has 15 heavy (non-hydrogen) atoms. The van der Waals surface area contributed by atoms with E-state index in [0.717, 1.165) is 0 Å². The fourth-order valence-electron chi connectivity index (χ4n) is 0.801. The largest absolute Gasteiger partial charge is 0.504 e. The summed E-state index contributed by atoms with van der Waals surface area (Å²) < 4.78 is 46.1. The summed E-state index contributed by atoms with van der Waals surface area (Å²) in [5.74, 6) is -0.959. The van der Waals surface area contributed by atoms with E-state index in [-0.39, 0.29) is 0 Å². The Labute approximate surface area is 88.5 Å². The number of nitrogens with zero attached hydrogens (tertiary/aromatic N) is 1. The van der Waals surface area contributed by atoms with Crippen molar-refractivity contribution >= 4 is 21.6 Å². The number of nitrogens with two attached hydrogens (primary N) is 1. The number of hydrogen-bond acceptors (Lipinski definition) is 4. The molecule has 0 bridgehead atoms. The number of halogens is 3. The summed E-state index contributed by atoms with van der Waals surface area (Å²) in [6.07, 6.45) is -3.15. The van der Waals surface area contributed by atoms with Gasteiger partial charge in [0.15, 0.2) is 16.5 Å². The van der Waals surface area contributed by atoms with Crippen LogP contribution in [0.25, 0.3) is 0 Å². The van der Waals surface area contributed by atoms with E-state index >= 15 is 0 Å². The number of aromatic nitrogens is 1. The van der Waals surface area contributed by atoms with Crippen molar-refractivity contribution < 1.29 is 22.3 Å². The molecule has 0 amide bonds. The van der Waals surface area contributed by atoms with Crippen LogP contribution < -0.4 is 5.14 Å². The maximum Gasteiger partial charge on any atom is 0.284 e. The van der Waals surface area contributed by atoms with Gasteiger partial charge in [0.05, 0.1) is 5.02 Å². The molecule has 0 aliphatic carbocycles. The Bertz CT molecular complexity index is 491. The number of primary sulfonamides is 1. The van der Waals surface area contributed by atoms with Crippen LogP contribution in [0.4, 0.5) is 8.78 Å². The normalized spacial score (nSPS) is 12.1. The summed E-state index contributed by atoms with van der Waals surface area (Å²) in [4.78, 5) is 3.01. The summed E-state index contributed by atoms with van der Waals surface area (Å²) in [5, 5.41) is 12.3. The van der Waals surface area contributed by atoms with E-state index in [2.05, 4.69) is 10.1 Å². The van der Waals surface area contributed by atoms with Gasteiger partial charge >= 0.3 is 0 Å². The van der Waals surface area contributed by atoms with Crippen LogP contribution in [0.3, 0.4) is 0 Å². The predicted octanol–water partition coefficient (Wildman–Crippen LogP) is 1.03. The lowest BCUT2D eigenvalue weighted by atomic mass is 10.3. The summed E-state index contributed by atoms with van der Waals surface area (Å²) in [6, 6.07) is 0.693. The van der Waals surface area contributed by atoms with Crippen molar-refractivity contribution in [3.63, 3.8) is 0 Å². The number of alkyl halides is 2. The van der Waals surface area contributed by atoms with Crippen LogP contribution in [-0.2, 0) is 10.0 Å². The first-order valence-corrected chi connectivity index (χ1v) is 5.36. The van der Waals surface area contributed by atoms with E-state index in [0.29, 0.717) is 6.07 Å². The first-order chi connectivity index (χ1) is 6.73. The van der Waals surface area contributed by atoms with E-state index in [1.807, 2.05) is 0 Å². The summed E-state index contributed by atoms with van der Waals surface area (Å²) in [5.41, 5.74) is -1.12. The molecule has 0 aromatic carbocycles. The molecule has 0 saturated carbocycles. The lowest BCUT2D eigenvalue weighted by Crippen LogP contribution is -2.15. The van der Waals surface area contributed by atoms with Gasteiger partial charge in [-0.1, -0.05) is 11.6 Å². The smallest absolute Gasteiger partial charge is 0.284 e. The summed E-state index contributed by atoms with van der Waals surface area (Å²) in [6.45, 7) is 0. The van der Waals surface area contributed by atoms with Gasteiger partial charge in [0, 0.05) is 0 Å². The lowest BCUT2D eigenvalue weighted by Gasteiger charge is -2.06. The fraction of sp³-hybridized carbons (Fsp3) is 0.167. The van der Waals surface area contributed by atoms with Crippen molar-refractivity contribution in [2.24, 2.45) is 5.14 Å². The minimum atomic E-state index is -4.24. The Kier molecular flexibility index (Phi) is 3.12. The first-order valence-electron chi connectivity index (χ1n) is 3.44. The molecule has 1 aromatic rings. The number of hydrogen-bond donors (Lipinski definition) is 2. The third-order valence-corrected chi connectivity index (χ3v) is 2.53. The number of sulfonamides is 1. The highest BCUT2D eigenvalue weighted by Crippen LogP contribution is 2.33. The van der Waals surface area contributed by atoms with Crippen molar-refractivity contribution in [1.82, 2.24) is 4.98 Å². The van der Waals surface area contributed by atoms with Crippen LogP contribution in [-0.4, -0.2) is 18.5 Å². The quantitative estimate of drug-likeness (QED) is 0.828. The minimum Gasteiger partial charge on any atom is -0.504 e. The maximum atomic E-state index is 12.3. The summed E-state index contributed by atoms with van der Waals surface area (Å²) in [7, 11) is -4.24. The van der Waals surface area contributed by atoms with Crippen LogP contribution in [0.5, 0.6) is 5.75 Å². The molecule has 9 heteroatoms. The van der Waals surface area contributed by atoms with Crippen molar-refractivity contribution in [1.29, 1.82) is 0 Å². The highest BCUT2D eigenvalue weighted by Gasteiger charge is 2.22. The Morgan fingerprint density at radius 1 is 1.53 bits per heavy atom. The molecule has 1 aromatic heterocycles. The molecule has 0 aliphatic heterocycles. The average molecular weight is 259 g/mol. The zero-order valence-corrected chi connectivity index (χ0v) is 8.56. The number of rotatable bonds is 2. The van der Waals surface area contributed by atoms with E-state index in [4.69, 9.17) is 16.7 Å². The van der Waals surface area contributed by atoms with Gasteiger partial charge in [-0.05, 0) is 6.07 Å². The van der Waals surface area contributed by atoms with Gasteiger partial charge in [0.2, 0.25) is 0 Å². The van der Waals surface area contributed by atoms with Gasteiger partial charge in [-0.2, -0.15) is 0 Å². The topological polar surface area (TPSA) is 93.3 Å². The lowest BCUT2D eigenvalue weighted by molar-refractivity contribution is 0.141. The zero-order chi connectivity index (χ0) is 11.8. The molecule has 0 fully saturated rings. The van der Waals surface area contributed by atoms with Gasteiger partial charge < -0.3 is 5.11 Å². The molecule has 0 saturated heterocycles. The third kappa shape index (κ3) is 2.52. The molecule has 0 atom stereocenters. The molecular formula is C6H5ClF2N2O3S. The Balaban J connectivity index is 3.50. The number of pyridine rings is 1. The van der Waals surface area contributed by atoms with Crippen molar-refractivity contribution in [2.75, 3.05) is 0 Å². The fourth-order valence-corrected chi connectivity index (χ4v) is 1.57. The molecule has 3 N–H and O–H groups in total. The first kappa shape index (κ1) is 12.1. The van der Waals surface area contributed by atoms with Gasteiger partial charge in [-0.15, -0.1) is 0 Å². The van der Waals surface area contributed by atoms with E-state index < -0.39 is 37.9 Å². The van der Waals surface area contributed by atoms with Gasteiger partial charge in [0.1, 0.15) is 0 Å². The van der Waals surface area contributed by atoms with Gasteiger partial charge in [0.25, 0.3) is 16.4 Å². The Morgan fingerprint density at radius 3 is 2.47 bits per heavy atom. The monoisotopic (exact) mass is 258 g/mol. The average Bonchev–Trinajstić information content (AvgIpc) is 2.06. The van der Waals surface area contributed by atoms with Crippen LogP contribution in [0.15, 0.2) is 11.1 Å². The van der Waals surface area contributed by atoms with Crippen LogP contribution >= 0.6 is 11.6 Å². The molecule has 1 heterocycles. The molecule has 1 rings (SSSR count).